The van der Waals surface area contributed by atoms with E-state index in [1.807, 2.05) is 24.3 Å². The predicted molar refractivity (Wildman–Crippen MR) is 80.4 cm³/mol. The van der Waals surface area contributed by atoms with Crippen molar-refractivity contribution in [3.8, 4) is 0 Å². The Morgan fingerprint density at radius 3 is 1.45 bits per heavy atom. The third kappa shape index (κ3) is 3.52. The molecule has 2 nitrogen and oxygen atoms in total. The van der Waals surface area contributed by atoms with Gasteiger partial charge in [0.2, 0.25) is 0 Å². The lowest BCUT2D eigenvalue weighted by molar-refractivity contribution is 0.619. The second kappa shape index (κ2) is 6.43. The maximum absolute atomic E-state index is 12.9. The molecular formula is C18H14F2N2. The van der Waals surface area contributed by atoms with E-state index < -0.39 is 0 Å². The fourth-order valence-corrected chi connectivity index (χ4v) is 2.31. The molecule has 0 N–H and O–H groups in total. The van der Waals surface area contributed by atoms with Crippen molar-refractivity contribution in [3.63, 3.8) is 0 Å². The Morgan fingerprint density at radius 2 is 1.09 bits per heavy atom. The monoisotopic (exact) mass is 296 g/mol. The third-order valence-electron chi connectivity index (χ3n) is 3.44. The Labute approximate surface area is 127 Å². The maximum atomic E-state index is 12.9. The average molecular weight is 296 g/mol. The van der Waals surface area contributed by atoms with Crippen molar-refractivity contribution in [1.29, 1.82) is 0 Å². The second-order valence-corrected chi connectivity index (χ2v) is 5.06. The molecule has 0 saturated heterocycles. The minimum atomic E-state index is -0.340. The number of hydrogen-bond donors (Lipinski definition) is 0. The van der Waals surface area contributed by atoms with E-state index in [4.69, 9.17) is 0 Å². The maximum Gasteiger partial charge on any atom is 0.141 e. The Hall–Kier alpha value is -2.62. The average Bonchev–Trinajstić information content (AvgIpc) is 2.54. The van der Waals surface area contributed by atoms with Crippen LogP contribution in [0.15, 0.2) is 60.9 Å². The summed E-state index contributed by atoms with van der Waals surface area (Å²) in [6.45, 7) is 0. The van der Waals surface area contributed by atoms with Crippen LogP contribution in [0, 0.1) is 11.6 Å². The summed E-state index contributed by atoms with van der Waals surface area (Å²) in [5.74, 6) is -0.680. The highest BCUT2D eigenvalue weighted by Crippen LogP contribution is 2.16. The van der Waals surface area contributed by atoms with E-state index in [1.165, 1.54) is 24.5 Å². The number of halogens is 2. The fourth-order valence-electron chi connectivity index (χ4n) is 2.31. The van der Waals surface area contributed by atoms with E-state index in [-0.39, 0.29) is 11.6 Å². The first-order chi connectivity index (χ1) is 10.7. The SMILES string of the molecule is Fc1ccc(Cc2ccccc2Cc2ccc(F)cn2)nc1. The van der Waals surface area contributed by atoms with Crippen LogP contribution in [0.2, 0.25) is 0 Å². The van der Waals surface area contributed by atoms with Gasteiger partial charge in [0.15, 0.2) is 0 Å². The van der Waals surface area contributed by atoms with Crippen molar-refractivity contribution >= 4 is 0 Å². The topological polar surface area (TPSA) is 25.8 Å². The molecule has 0 fully saturated rings. The lowest BCUT2D eigenvalue weighted by Gasteiger charge is -2.09. The van der Waals surface area contributed by atoms with E-state index >= 15 is 0 Å². The van der Waals surface area contributed by atoms with Crippen LogP contribution in [-0.2, 0) is 12.8 Å². The summed E-state index contributed by atoms with van der Waals surface area (Å²) < 4.78 is 25.8. The summed E-state index contributed by atoms with van der Waals surface area (Å²) in [6, 6.07) is 14.1. The first kappa shape index (κ1) is 14.3. The molecule has 0 aliphatic heterocycles. The number of pyridine rings is 2. The third-order valence-corrected chi connectivity index (χ3v) is 3.44. The molecule has 0 bridgehead atoms. The minimum absolute atomic E-state index is 0.340. The highest BCUT2D eigenvalue weighted by molar-refractivity contribution is 5.33. The van der Waals surface area contributed by atoms with Crippen molar-refractivity contribution in [1.82, 2.24) is 9.97 Å². The Balaban J connectivity index is 1.83. The molecule has 0 radical (unpaired) electrons. The first-order valence-electron chi connectivity index (χ1n) is 6.98. The smallest absolute Gasteiger partial charge is 0.141 e. The van der Waals surface area contributed by atoms with E-state index in [0.29, 0.717) is 12.8 Å². The van der Waals surface area contributed by atoms with Crippen LogP contribution >= 0.6 is 0 Å². The second-order valence-electron chi connectivity index (χ2n) is 5.06. The molecule has 0 aliphatic carbocycles. The van der Waals surface area contributed by atoms with Crippen LogP contribution in [0.5, 0.6) is 0 Å². The van der Waals surface area contributed by atoms with Gasteiger partial charge in [-0.1, -0.05) is 24.3 Å². The number of hydrogen-bond acceptors (Lipinski definition) is 2. The summed E-state index contributed by atoms with van der Waals surface area (Å²) in [7, 11) is 0. The van der Waals surface area contributed by atoms with Gasteiger partial charge >= 0.3 is 0 Å². The van der Waals surface area contributed by atoms with Gasteiger partial charge in [-0.15, -0.1) is 0 Å². The molecule has 3 aromatic rings. The van der Waals surface area contributed by atoms with Crippen LogP contribution in [0.3, 0.4) is 0 Å². The Bertz CT molecular complexity index is 686. The first-order valence-corrected chi connectivity index (χ1v) is 6.98. The van der Waals surface area contributed by atoms with Gasteiger partial charge in [-0.05, 0) is 35.4 Å². The summed E-state index contributed by atoms with van der Waals surface area (Å²) in [4.78, 5) is 8.19. The predicted octanol–water partition coefficient (Wildman–Crippen LogP) is 3.94. The zero-order valence-corrected chi connectivity index (χ0v) is 11.8. The largest absolute Gasteiger partial charge is 0.258 e. The van der Waals surface area contributed by atoms with Crippen molar-refractivity contribution < 1.29 is 8.78 Å². The van der Waals surface area contributed by atoms with Gasteiger partial charge in [-0.25, -0.2) is 8.78 Å². The Kier molecular flexibility index (Phi) is 4.19. The Morgan fingerprint density at radius 1 is 0.636 bits per heavy atom. The normalized spacial score (nSPS) is 10.6. The zero-order chi connectivity index (χ0) is 15.4. The number of benzene rings is 1. The van der Waals surface area contributed by atoms with Crippen LogP contribution in [0.4, 0.5) is 8.78 Å². The molecule has 3 rings (SSSR count). The molecule has 0 atom stereocenters. The summed E-state index contributed by atoms with van der Waals surface area (Å²) in [5.41, 5.74) is 3.82. The highest BCUT2D eigenvalue weighted by Gasteiger charge is 2.06. The van der Waals surface area contributed by atoms with Gasteiger partial charge in [0.25, 0.3) is 0 Å². The molecule has 0 aliphatic rings. The van der Waals surface area contributed by atoms with Crippen molar-refractivity contribution in [2.75, 3.05) is 0 Å². The lowest BCUT2D eigenvalue weighted by Crippen LogP contribution is -2.00. The van der Waals surface area contributed by atoms with Gasteiger partial charge in [0.1, 0.15) is 11.6 Å². The lowest BCUT2D eigenvalue weighted by atomic mass is 9.99. The minimum Gasteiger partial charge on any atom is -0.258 e. The van der Waals surface area contributed by atoms with Crippen LogP contribution in [0.25, 0.3) is 0 Å². The van der Waals surface area contributed by atoms with Gasteiger partial charge in [-0.2, -0.15) is 0 Å². The van der Waals surface area contributed by atoms with Crippen molar-refractivity contribution in [3.05, 3.63) is 95.1 Å². The van der Waals surface area contributed by atoms with Crippen molar-refractivity contribution in [2.24, 2.45) is 0 Å². The highest BCUT2D eigenvalue weighted by atomic mass is 19.1. The molecule has 4 heteroatoms. The van der Waals surface area contributed by atoms with E-state index in [1.54, 1.807) is 12.1 Å². The standard InChI is InChI=1S/C18H14F2N2/c19-15-5-7-17(21-11-15)9-13-3-1-2-4-14(13)10-18-8-6-16(20)12-22-18/h1-8,11-12H,9-10H2. The molecule has 0 unspecified atom stereocenters. The summed E-state index contributed by atoms with van der Waals surface area (Å²) in [5, 5.41) is 0. The van der Waals surface area contributed by atoms with E-state index in [0.717, 1.165) is 22.5 Å². The van der Waals surface area contributed by atoms with Crippen molar-refractivity contribution in [2.45, 2.75) is 12.8 Å². The van der Waals surface area contributed by atoms with Crippen LogP contribution in [0.1, 0.15) is 22.5 Å². The fraction of sp³-hybridized carbons (Fsp3) is 0.111. The van der Waals surface area contributed by atoms with Gasteiger partial charge in [0, 0.05) is 24.2 Å². The number of aromatic nitrogens is 2. The number of rotatable bonds is 4. The molecular weight excluding hydrogens is 282 g/mol. The summed E-state index contributed by atoms with van der Waals surface area (Å²) >= 11 is 0. The van der Waals surface area contributed by atoms with Crippen LogP contribution in [-0.4, -0.2) is 9.97 Å². The van der Waals surface area contributed by atoms with E-state index in [9.17, 15) is 8.78 Å². The molecule has 2 aromatic heterocycles. The zero-order valence-electron chi connectivity index (χ0n) is 11.8. The molecule has 2 heterocycles. The van der Waals surface area contributed by atoms with Gasteiger partial charge in [0.05, 0.1) is 12.4 Å². The molecule has 0 saturated carbocycles. The molecule has 1 aromatic carbocycles. The number of nitrogens with zero attached hydrogens (tertiary/aromatic N) is 2. The van der Waals surface area contributed by atoms with E-state index in [2.05, 4.69) is 9.97 Å². The van der Waals surface area contributed by atoms with Gasteiger partial charge in [-0.3, -0.25) is 9.97 Å². The summed E-state index contributed by atoms with van der Waals surface area (Å²) in [6.07, 6.45) is 3.69. The molecule has 0 spiro atoms. The van der Waals surface area contributed by atoms with Crippen LogP contribution < -0.4 is 0 Å². The van der Waals surface area contributed by atoms with Gasteiger partial charge < -0.3 is 0 Å². The quantitative estimate of drug-likeness (QED) is 0.729. The molecule has 110 valence electrons. The molecule has 22 heavy (non-hydrogen) atoms. The molecule has 0 amide bonds.